The highest BCUT2D eigenvalue weighted by molar-refractivity contribution is 9.10. The molecule has 2 atom stereocenters. The molecule has 17 heavy (non-hydrogen) atoms. The summed E-state index contributed by atoms with van der Waals surface area (Å²) in [6.45, 7) is 0. The van der Waals surface area contributed by atoms with Gasteiger partial charge in [0.05, 0.1) is 6.10 Å². The van der Waals surface area contributed by atoms with Gasteiger partial charge in [0.1, 0.15) is 0 Å². The van der Waals surface area contributed by atoms with Crippen molar-refractivity contribution in [2.24, 2.45) is 5.92 Å². The zero-order valence-electron chi connectivity index (χ0n) is 9.14. The molecule has 0 spiro atoms. The fraction of sp³-hybridized carbons (Fsp3) is 0.308. The van der Waals surface area contributed by atoms with Gasteiger partial charge in [-0.05, 0) is 30.5 Å². The lowest BCUT2D eigenvalue weighted by Crippen LogP contribution is -2.17. The van der Waals surface area contributed by atoms with Gasteiger partial charge in [0.15, 0.2) is 0 Å². The Labute approximate surface area is 108 Å². The first-order valence-corrected chi connectivity index (χ1v) is 6.26. The minimum Gasteiger partial charge on any atom is -0.478 e. The predicted octanol–water partition coefficient (Wildman–Crippen LogP) is 2.90. The van der Waals surface area contributed by atoms with Crippen molar-refractivity contribution in [3.8, 4) is 0 Å². The Balaban J connectivity index is 2.23. The van der Waals surface area contributed by atoms with Crippen LogP contribution >= 0.6 is 15.9 Å². The van der Waals surface area contributed by atoms with Crippen molar-refractivity contribution in [1.82, 2.24) is 0 Å². The molecule has 0 aliphatic heterocycles. The van der Waals surface area contributed by atoms with Crippen molar-refractivity contribution in [2.75, 3.05) is 0 Å². The molecule has 0 bridgehead atoms. The summed E-state index contributed by atoms with van der Waals surface area (Å²) in [4.78, 5) is 11.0. The summed E-state index contributed by atoms with van der Waals surface area (Å²) in [5.41, 5.74) is 1.08. The Morgan fingerprint density at radius 1 is 1.47 bits per heavy atom. The summed E-state index contributed by atoms with van der Waals surface area (Å²) in [5, 5.41) is 19.3. The normalized spacial score (nSPS) is 21.1. The molecule has 1 aliphatic rings. The smallest absolute Gasteiger partial charge is 0.331 e. The van der Waals surface area contributed by atoms with Gasteiger partial charge in [-0.1, -0.05) is 34.1 Å². The lowest BCUT2D eigenvalue weighted by molar-refractivity contribution is -0.133. The third-order valence-electron chi connectivity index (χ3n) is 3.06. The quantitative estimate of drug-likeness (QED) is 0.902. The van der Waals surface area contributed by atoms with Crippen LogP contribution in [0, 0.1) is 5.92 Å². The number of carbonyl (C=O) groups is 1. The van der Waals surface area contributed by atoms with E-state index in [1.54, 1.807) is 6.08 Å². The zero-order valence-corrected chi connectivity index (χ0v) is 10.7. The number of benzene rings is 1. The van der Waals surface area contributed by atoms with Gasteiger partial charge in [0, 0.05) is 16.0 Å². The number of carboxylic acid groups (broad SMARTS) is 1. The Hall–Kier alpha value is -1.13. The monoisotopic (exact) mass is 296 g/mol. The average molecular weight is 297 g/mol. The molecule has 2 N–H and O–H groups in total. The Morgan fingerprint density at radius 3 is 2.88 bits per heavy atom. The van der Waals surface area contributed by atoms with E-state index in [1.165, 1.54) is 0 Å². The van der Waals surface area contributed by atoms with Crippen LogP contribution < -0.4 is 0 Å². The first-order chi connectivity index (χ1) is 8.09. The summed E-state index contributed by atoms with van der Waals surface area (Å²) in [7, 11) is 0. The second-order valence-corrected chi connectivity index (χ2v) is 5.06. The van der Waals surface area contributed by atoms with Crippen molar-refractivity contribution in [3.05, 3.63) is 46.0 Å². The van der Waals surface area contributed by atoms with Crippen molar-refractivity contribution in [3.63, 3.8) is 0 Å². The molecule has 1 aliphatic carbocycles. The van der Waals surface area contributed by atoms with E-state index >= 15 is 0 Å². The molecular weight excluding hydrogens is 284 g/mol. The molecule has 1 aromatic carbocycles. The van der Waals surface area contributed by atoms with Crippen molar-refractivity contribution in [1.29, 1.82) is 0 Å². The highest BCUT2D eigenvalue weighted by Gasteiger charge is 2.31. The fourth-order valence-corrected chi connectivity index (χ4v) is 2.64. The van der Waals surface area contributed by atoms with E-state index in [2.05, 4.69) is 15.9 Å². The first-order valence-electron chi connectivity index (χ1n) is 5.46. The van der Waals surface area contributed by atoms with Gasteiger partial charge < -0.3 is 10.2 Å². The second-order valence-electron chi connectivity index (χ2n) is 4.15. The van der Waals surface area contributed by atoms with Crippen molar-refractivity contribution in [2.45, 2.75) is 18.9 Å². The summed E-state index contributed by atoms with van der Waals surface area (Å²) in [6.07, 6.45) is 2.36. The molecule has 1 aromatic rings. The van der Waals surface area contributed by atoms with E-state index in [1.807, 2.05) is 24.3 Å². The number of aliphatic hydroxyl groups excluding tert-OH is 1. The number of carboxylic acids is 1. The molecular formula is C13H13BrO3. The third-order valence-corrected chi connectivity index (χ3v) is 3.55. The van der Waals surface area contributed by atoms with Crippen molar-refractivity contribution >= 4 is 21.9 Å². The second kappa shape index (κ2) is 5.02. The van der Waals surface area contributed by atoms with Crippen LogP contribution in [0.25, 0.3) is 0 Å². The topological polar surface area (TPSA) is 57.5 Å². The number of hydrogen-bond acceptors (Lipinski definition) is 2. The van der Waals surface area contributed by atoms with Gasteiger partial charge in [-0.3, -0.25) is 0 Å². The molecule has 3 nitrogen and oxygen atoms in total. The van der Waals surface area contributed by atoms with Gasteiger partial charge in [-0.15, -0.1) is 0 Å². The number of aliphatic hydroxyl groups is 1. The predicted molar refractivity (Wildman–Crippen MR) is 67.5 cm³/mol. The maximum Gasteiger partial charge on any atom is 0.331 e. The van der Waals surface area contributed by atoms with E-state index in [4.69, 9.17) is 5.11 Å². The number of rotatable bonds is 3. The maximum atomic E-state index is 11.0. The van der Waals surface area contributed by atoms with Crippen LogP contribution in [0.15, 0.2) is 40.4 Å². The van der Waals surface area contributed by atoms with Gasteiger partial charge in [0.2, 0.25) is 0 Å². The molecule has 2 rings (SSSR count). The van der Waals surface area contributed by atoms with Crippen LogP contribution in [0.4, 0.5) is 0 Å². The molecule has 0 heterocycles. The molecule has 0 aromatic heterocycles. The van der Waals surface area contributed by atoms with Crippen LogP contribution in [-0.2, 0) is 4.79 Å². The minimum absolute atomic E-state index is 0.304. The van der Waals surface area contributed by atoms with Gasteiger partial charge in [-0.2, -0.15) is 0 Å². The highest BCUT2D eigenvalue weighted by Crippen LogP contribution is 2.37. The Bertz CT molecular complexity index is 467. The lowest BCUT2D eigenvalue weighted by Gasteiger charge is -2.20. The molecule has 0 saturated carbocycles. The van der Waals surface area contributed by atoms with Crippen LogP contribution in [0.3, 0.4) is 0 Å². The third kappa shape index (κ3) is 2.58. The molecule has 0 saturated heterocycles. The van der Waals surface area contributed by atoms with Crippen LogP contribution in [0.2, 0.25) is 0 Å². The van der Waals surface area contributed by atoms with Gasteiger partial charge in [0.25, 0.3) is 0 Å². The van der Waals surface area contributed by atoms with E-state index in [0.717, 1.165) is 16.5 Å². The SMILES string of the molecule is O=C(O)C1=CCCC1[C@H](O)c1cccc(Br)c1. The molecule has 0 fully saturated rings. The molecule has 0 radical (unpaired) electrons. The van der Waals surface area contributed by atoms with Gasteiger partial charge >= 0.3 is 5.97 Å². The van der Waals surface area contributed by atoms with Gasteiger partial charge in [-0.25, -0.2) is 4.79 Å². The number of hydrogen-bond donors (Lipinski definition) is 2. The summed E-state index contributed by atoms with van der Waals surface area (Å²) < 4.78 is 0.882. The highest BCUT2D eigenvalue weighted by atomic mass is 79.9. The zero-order chi connectivity index (χ0) is 12.4. The first kappa shape index (κ1) is 12.3. The van der Waals surface area contributed by atoms with Crippen LogP contribution in [0.5, 0.6) is 0 Å². The lowest BCUT2D eigenvalue weighted by atomic mass is 9.90. The fourth-order valence-electron chi connectivity index (χ4n) is 2.22. The van der Waals surface area contributed by atoms with Crippen LogP contribution in [-0.4, -0.2) is 16.2 Å². The minimum atomic E-state index is -0.929. The molecule has 90 valence electrons. The maximum absolute atomic E-state index is 11.0. The van der Waals surface area contributed by atoms with E-state index in [0.29, 0.717) is 12.0 Å². The van der Waals surface area contributed by atoms with Crippen LogP contribution in [0.1, 0.15) is 24.5 Å². The van der Waals surface area contributed by atoms with E-state index < -0.39 is 12.1 Å². The van der Waals surface area contributed by atoms with E-state index in [9.17, 15) is 9.90 Å². The molecule has 0 amide bonds. The summed E-state index contributed by atoms with van der Waals surface area (Å²) in [5.74, 6) is -1.23. The Morgan fingerprint density at radius 2 is 2.24 bits per heavy atom. The molecule has 1 unspecified atom stereocenters. The largest absolute Gasteiger partial charge is 0.478 e. The number of allylic oxidation sites excluding steroid dienone is 1. The van der Waals surface area contributed by atoms with E-state index in [-0.39, 0.29) is 5.92 Å². The number of halogens is 1. The summed E-state index contributed by atoms with van der Waals surface area (Å²) in [6, 6.07) is 7.34. The summed E-state index contributed by atoms with van der Waals surface area (Å²) >= 11 is 3.34. The standard InChI is InChI=1S/C13H13BrO3/c14-9-4-1-3-8(7-9)12(15)10-5-2-6-11(10)13(16)17/h1,3-4,6-7,10,12,15H,2,5H2,(H,16,17)/t10?,12-/m1/s1. The Kier molecular flexibility index (Phi) is 3.64. The van der Waals surface area contributed by atoms with Crippen molar-refractivity contribution < 1.29 is 15.0 Å². The number of aliphatic carboxylic acids is 1. The average Bonchev–Trinajstić information content (AvgIpc) is 2.77. The molecule has 4 heteroatoms.